The zero-order valence-electron chi connectivity index (χ0n) is 9.35. The van der Waals surface area contributed by atoms with Crippen LogP contribution in [0.3, 0.4) is 0 Å². The molecule has 0 aliphatic heterocycles. The van der Waals surface area contributed by atoms with Gasteiger partial charge in [-0.2, -0.15) is 0 Å². The van der Waals surface area contributed by atoms with E-state index in [0.717, 1.165) is 6.42 Å². The summed E-state index contributed by atoms with van der Waals surface area (Å²) in [5.74, 6) is 0.895. The molecule has 74 valence electrons. The minimum absolute atomic E-state index is 0.251. The molecule has 0 aromatic heterocycles. The van der Waals surface area contributed by atoms with Crippen molar-refractivity contribution in [2.45, 2.75) is 40.3 Å². The van der Waals surface area contributed by atoms with E-state index in [4.69, 9.17) is 0 Å². The van der Waals surface area contributed by atoms with Crippen LogP contribution in [0.5, 0.6) is 0 Å². The van der Waals surface area contributed by atoms with E-state index in [9.17, 15) is 4.79 Å². The molecule has 0 amide bonds. The van der Waals surface area contributed by atoms with Crippen LogP contribution in [0.2, 0.25) is 13.1 Å². The predicted molar refractivity (Wildman–Crippen MR) is 59.5 cm³/mol. The molecule has 0 saturated carbocycles. The Kier molecular flexibility index (Phi) is 2.81. The van der Waals surface area contributed by atoms with Crippen LogP contribution in [0.15, 0.2) is 11.3 Å². The number of carbonyl (C=O) groups excluding carboxylic acids is 1. The molecule has 2 heteroatoms. The molecule has 0 saturated heterocycles. The van der Waals surface area contributed by atoms with Gasteiger partial charge in [-0.3, -0.25) is 4.79 Å². The van der Waals surface area contributed by atoms with Crippen molar-refractivity contribution in [2.24, 2.45) is 11.3 Å². The zero-order valence-corrected chi connectivity index (χ0v) is 10.5. The Balaban J connectivity index is 2.84. The number of ketones is 1. The quantitative estimate of drug-likeness (QED) is 0.589. The Hall–Kier alpha value is -0.373. The number of hydrogen-bond donors (Lipinski definition) is 0. The second-order valence-corrected chi connectivity index (χ2v) is 8.31. The molecule has 0 radical (unpaired) electrons. The van der Waals surface area contributed by atoms with Crippen molar-refractivity contribution < 1.29 is 4.79 Å². The van der Waals surface area contributed by atoms with Crippen molar-refractivity contribution in [3.8, 4) is 0 Å². The van der Waals surface area contributed by atoms with E-state index in [1.54, 1.807) is 0 Å². The third-order valence-electron chi connectivity index (χ3n) is 2.84. The fraction of sp³-hybridized carbons (Fsp3) is 0.727. The maximum absolute atomic E-state index is 11.6. The van der Waals surface area contributed by atoms with Gasteiger partial charge in [0.2, 0.25) is 0 Å². The van der Waals surface area contributed by atoms with Gasteiger partial charge in [0.15, 0.2) is 5.78 Å². The van der Waals surface area contributed by atoms with Gasteiger partial charge >= 0.3 is 0 Å². The standard InChI is InChI=1S/C11H20OSi/c1-11(2,3)8-6-9(12)10(7-8)13(4)5/h7-8,13H,6H2,1-5H3. The molecule has 1 atom stereocenters. The van der Waals surface area contributed by atoms with Crippen molar-refractivity contribution in [1.82, 2.24) is 0 Å². The van der Waals surface area contributed by atoms with Crippen LogP contribution in [0.25, 0.3) is 0 Å². The van der Waals surface area contributed by atoms with E-state index >= 15 is 0 Å². The van der Waals surface area contributed by atoms with E-state index in [1.807, 2.05) is 0 Å². The summed E-state index contributed by atoms with van der Waals surface area (Å²) in [5.41, 5.74) is 0.251. The molecule has 0 N–H and O–H groups in total. The lowest BCUT2D eigenvalue weighted by Crippen LogP contribution is -2.17. The Bertz CT molecular complexity index is 245. The van der Waals surface area contributed by atoms with E-state index in [0.29, 0.717) is 11.7 Å². The first-order valence-corrected chi connectivity index (χ1v) is 7.96. The summed E-state index contributed by atoms with van der Waals surface area (Å²) in [5, 5.41) is 1.18. The summed E-state index contributed by atoms with van der Waals surface area (Å²) >= 11 is 0. The first-order chi connectivity index (χ1) is 5.82. The minimum atomic E-state index is -0.880. The molecule has 1 nitrogen and oxygen atoms in total. The fourth-order valence-electron chi connectivity index (χ4n) is 1.76. The lowest BCUT2D eigenvalue weighted by atomic mass is 9.80. The van der Waals surface area contributed by atoms with Crippen LogP contribution in [-0.4, -0.2) is 14.6 Å². The zero-order chi connectivity index (χ0) is 10.2. The molecule has 1 unspecified atom stereocenters. The highest BCUT2D eigenvalue weighted by molar-refractivity contribution is 6.70. The molecular formula is C11H20OSi. The van der Waals surface area contributed by atoms with Gasteiger partial charge in [0.05, 0.1) is 8.80 Å². The van der Waals surface area contributed by atoms with Crippen molar-refractivity contribution in [2.75, 3.05) is 0 Å². The van der Waals surface area contributed by atoms with E-state index in [-0.39, 0.29) is 5.41 Å². The van der Waals surface area contributed by atoms with Gasteiger partial charge < -0.3 is 0 Å². The highest BCUT2D eigenvalue weighted by Crippen LogP contribution is 2.36. The van der Waals surface area contributed by atoms with Gasteiger partial charge in [0.25, 0.3) is 0 Å². The number of hydrogen-bond acceptors (Lipinski definition) is 1. The number of Topliss-reactive ketones (excluding diaryl/α,β-unsaturated/α-hetero) is 1. The molecule has 0 spiro atoms. The predicted octanol–water partition coefficient (Wildman–Crippen LogP) is 2.57. The Morgan fingerprint density at radius 3 is 2.15 bits per heavy atom. The van der Waals surface area contributed by atoms with Crippen LogP contribution >= 0.6 is 0 Å². The first kappa shape index (κ1) is 10.7. The smallest absolute Gasteiger partial charge is 0.154 e. The first-order valence-electron chi connectivity index (χ1n) is 5.07. The summed E-state index contributed by atoms with van der Waals surface area (Å²) in [6, 6.07) is 0. The van der Waals surface area contributed by atoms with Gasteiger partial charge in [-0.25, -0.2) is 0 Å². The molecule has 1 aliphatic rings. The third-order valence-corrected chi connectivity index (χ3v) is 4.60. The molecule has 13 heavy (non-hydrogen) atoms. The van der Waals surface area contributed by atoms with Crippen LogP contribution < -0.4 is 0 Å². The number of allylic oxidation sites excluding steroid dienone is 2. The van der Waals surface area contributed by atoms with E-state index in [1.165, 1.54) is 5.20 Å². The van der Waals surface area contributed by atoms with Crippen molar-refractivity contribution >= 4 is 14.6 Å². The lowest BCUT2D eigenvalue weighted by Gasteiger charge is -2.24. The highest BCUT2D eigenvalue weighted by atomic mass is 28.3. The van der Waals surface area contributed by atoms with Gasteiger partial charge in [0, 0.05) is 6.42 Å². The minimum Gasteiger partial charge on any atom is -0.295 e. The average molecular weight is 196 g/mol. The summed E-state index contributed by atoms with van der Waals surface area (Å²) in [4.78, 5) is 11.6. The van der Waals surface area contributed by atoms with Gasteiger partial charge in [0.1, 0.15) is 0 Å². The molecule has 0 aromatic carbocycles. The van der Waals surface area contributed by atoms with Crippen LogP contribution in [0, 0.1) is 11.3 Å². The fourth-order valence-corrected chi connectivity index (χ4v) is 3.14. The summed E-state index contributed by atoms with van der Waals surface area (Å²) in [7, 11) is -0.880. The topological polar surface area (TPSA) is 17.1 Å². The van der Waals surface area contributed by atoms with Crippen molar-refractivity contribution in [3.05, 3.63) is 11.3 Å². The summed E-state index contributed by atoms with van der Waals surface area (Å²) in [6.07, 6.45) is 3.00. The molecule has 1 rings (SSSR count). The van der Waals surface area contributed by atoms with Crippen LogP contribution in [0.4, 0.5) is 0 Å². The van der Waals surface area contributed by atoms with Gasteiger partial charge in [-0.05, 0) is 16.5 Å². The van der Waals surface area contributed by atoms with Crippen LogP contribution in [0.1, 0.15) is 27.2 Å². The Morgan fingerprint density at radius 1 is 1.38 bits per heavy atom. The van der Waals surface area contributed by atoms with Gasteiger partial charge in [-0.1, -0.05) is 39.9 Å². The average Bonchev–Trinajstić information content (AvgIpc) is 2.29. The Labute approximate surface area is 82.8 Å². The third kappa shape index (κ3) is 2.30. The van der Waals surface area contributed by atoms with Crippen LogP contribution in [-0.2, 0) is 4.79 Å². The second kappa shape index (κ2) is 3.41. The lowest BCUT2D eigenvalue weighted by molar-refractivity contribution is -0.115. The second-order valence-electron chi connectivity index (χ2n) is 5.38. The SMILES string of the molecule is C[SiH](C)C1=CC(C(C)(C)C)CC1=O. The van der Waals surface area contributed by atoms with Crippen molar-refractivity contribution in [3.63, 3.8) is 0 Å². The molecule has 0 bridgehead atoms. The summed E-state index contributed by atoms with van der Waals surface area (Å²) < 4.78 is 0. The maximum Gasteiger partial charge on any atom is 0.154 e. The monoisotopic (exact) mass is 196 g/mol. The molecule has 0 fully saturated rings. The Morgan fingerprint density at radius 2 is 1.92 bits per heavy atom. The number of carbonyl (C=O) groups is 1. The molecule has 0 heterocycles. The summed E-state index contributed by atoms with van der Waals surface area (Å²) in [6.45, 7) is 11.1. The largest absolute Gasteiger partial charge is 0.295 e. The van der Waals surface area contributed by atoms with E-state index < -0.39 is 8.80 Å². The van der Waals surface area contributed by atoms with E-state index in [2.05, 4.69) is 39.9 Å². The maximum atomic E-state index is 11.6. The highest BCUT2D eigenvalue weighted by Gasteiger charge is 2.32. The van der Waals surface area contributed by atoms with Crippen molar-refractivity contribution in [1.29, 1.82) is 0 Å². The molecule has 0 aromatic rings. The molecule has 1 aliphatic carbocycles. The number of rotatable bonds is 1. The van der Waals surface area contributed by atoms with Gasteiger partial charge in [-0.15, -0.1) is 0 Å². The normalized spacial score (nSPS) is 24.0. The molecular weight excluding hydrogens is 176 g/mol.